The fourth-order valence-electron chi connectivity index (χ4n) is 3.20. The Balaban J connectivity index is 1.84. The molecule has 0 heterocycles. The monoisotopic (exact) mass is 245 g/mol. The summed E-state index contributed by atoms with van der Waals surface area (Å²) in [6, 6.07) is 0.424. The third-order valence-electron chi connectivity index (χ3n) is 4.12. The van der Waals surface area contributed by atoms with Crippen molar-refractivity contribution in [2.75, 3.05) is 18.6 Å². The van der Waals surface area contributed by atoms with Crippen LogP contribution < -0.4 is 5.32 Å². The van der Waals surface area contributed by atoms with Gasteiger partial charge in [-0.3, -0.25) is 0 Å². The van der Waals surface area contributed by atoms with E-state index in [0.717, 1.165) is 30.7 Å². The summed E-state index contributed by atoms with van der Waals surface area (Å²) in [6.45, 7) is 3.05. The highest BCUT2D eigenvalue weighted by atomic mass is 32.2. The molecule has 2 rings (SSSR count). The van der Waals surface area contributed by atoms with Crippen LogP contribution in [0.3, 0.4) is 0 Å². The van der Waals surface area contributed by atoms with Crippen LogP contribution in [0.1, 0.15) is 32.6 Å². The van der Waals surface area contributed by atoms with Crippen molar-refractivity contribution < 1.29 is 8.42 Å². The van der Waals surface area contributed by atoms with Gasteiger partial charge in [0.05, 0.1) is 5.75 Å². The summed E-state index contributed by atoms with van der Waals surface area (Å²) < 4.78 is 22.4. The average molecular weight is 245 g/mol. The molecular formula is C12H23NO2S. The molecule has 3 atom stereocenters. The highest BCUT2D eigenvalue weighted by Crippen LogP contribution is 2.55. The predicted octanol–water partition coefficient (Wildman–Crippen LogP) is 1.45. The fraction of sp³-hybridized carbons (Fsp3) is 1.00. The van der Waals surface area contributed by atoms with E-state index < -0.39 is 9.84 Å². The molecular weight excluding hydrogens is 222 g/mol. The molecule has 0 radical (unpaired) electrons. The molecule has 0 spiro atoms. The van der Waals surface area contributed by atoms with E-state index >= 15 is 0 Å². The topological polar surface area (TPSA) is 46.2 Å². The molecule has 94 valence electrons. The molecule has 2 saturated carbocycles. The minimum Gasteiger partial charge on any atom is -0.314 e. The van der Waals surface area contributed by atoms with Gasteiger partial charge >= 0.3 is 0 Å². The molecule has 4 heteroatoms. The van der Waals surface area contributed by atoms with E-state index in [1.54, 1.807) is 0 Å². The van der Waals surface area contributed by atoms with E-state index in [9.17, 15) is 8.42 Å². The molecule has 0 aromatic carbocycles. The Morgan fingerprint density at radius 2 is 1.88 bits per heavy atom. The van der Waals surface area contributed by atoms with Crippen LogP contribution in [0, 0.1) is 17.8 Å². The molecule has 16 heavy (non-hydrogen) atoms. The standard InChI is InChI=1S/C12H23NO2S/c1-3-13-12(4-5-16(2,14)15)11-7-9-6-10(9)8-11/h9-13H,3-8H2,1-2H3. The minimum absolute atomic E-state index is 0.330. The maximum Gasteiger partial charge on any atom is 0.147 e. The van der Waals surface area contributed by atoms with Crippen LogP contribution >= 0.6 is 0 Å². The molecule has 0 saturated heterocycles. The smallest absolute Gasteiger partial charge is 0.147 e. The van der Waals surface area contributed by atoms with Crippen molar-refractivity contribution in [3.05, 3.63) is 0 Å². The second kappa shape index (κ2) is 4.65. The largest absolute Gasteiger partial charge is 0.314 e. The zero-order valence-electron chi connectivity index (χ0n) is 10.3. The number of rotatable bonds is 6. The van der Waals surface area contributed by atoms with Crippen LogP contribution in [0.2, 0.25) is 0 Å². The lowest BCUT2D eigenvalue weighted by Gasteiger charge is -2.25. The Bertz CT molecular complexity index is 329. The summed E-state index contributed by atoms with van der Waals surface area (Å²) in [5.41, 5.74) is 0. The average Bonchev–Trinajstić information content (AvgIpc) is 2.79. The highest BCUT2D eigenvalue weighted by molar-refractivity contribution is 7.90. The minimum atomic E-state index is -2.81. The summed E-state index contributed by atoms with van der Waals surface area (Å²) in [5, 5.41) is 3.47. The second-order valence-corrected chi connectivity index (χ2v) is 7.83. The Labute approximate surface area is 98.9 Å². The molecule has 0 aliphatic heterocycles. The molecule has 2 aliphatic rings. The molecule has 0 bridgehead atoms. The van der Waals surface area contributed by atoms with Crippen LogP contribution in [0.5, 0.6) is 0 Å². The first-order valence-corrected chi connectivity index (χ1v) is 8.46. The number of hydrogen-bond donors (Lipinski definition) is 1. The lowest BCUT2D eigenvalue weighted by atomic mass is 9.92. The molecule has 0 amide bonds. The lowest BCUT2D eigenvalue weighted by Crippen LogP contribution is -2.37. The van der Waals surface area contributed by atoms with Gasteiger partial charge < -0.3 is 5.32 Å². The van der Waals surface area contributed by atoms with Crippen molar-refractivity contribution in [3.63, 3.8) is 0 Å². The van der Waals surface area contributed by atoms with Crippen LogP contribution in [-0.2, 0) is 9.84 Å². The Hall–Kier alpha value is -0.0900. The zero-order valence-corrected chi connectivity index (χ0v) is 11.1. The van der Waals surface area contributed by atoms with Crippen molar-refractivity contribution in [3.8, 4) is 0 Å². The van der Waals surface area contributed by atoms with Gasteiger partial charge in [0, 0.05) is 12.3 Å². The first-order valence-electron chi connectivity index (χ1n) is 6.40. The SMILES string of the molecule is CCNC(CCS(C)(=O)=O)C1CC2CC2C1. The quantitative estimate of drug-likeness (QED) is 0.770. The molecule has 0 aromatic rings. The van der Waals surface area contributed by atoms with Crippen LogP contribution in [0.4, 0.5) is 0 Å². The Morgan fingerprint density at radius 3 is 2.38 bits per heavy atom. The molecule has 2 fully saturated rings. The second-order valence-electron chi connectivity index (χ2n) is 5.57. The summed E-state index contributed by atoms with van der Waals surface area (Å²) in [7, 11) is -2.81. The molecule has 3 unspecified atom stereocenters. The van der Waals surface area contributed by atoms with Gasteiger partial charge in [-0.05, 0) is 50.0 Å². The summed E-state index contributed by atoms with van der Waals surface area (Å²) in [5.74, 6) is 3.01. The van der Waals surface area contributed by atoms with Crippen LogP contribution in [0.25, 0.3) is 0 Å². The Kier molecular flexibility index (Phi) is 3.59. The number of sulfone groups is 1. The van der Waals surface area contributed by atoms with Gasteiger partial charge in [-0.1, -0.05) is 6.92 Å². The van der Waals surface area contributed by atoms with Gasteiger partial charge in [0.1, 0.15) is 9.84 Å². The number of fused-ring (bicyclic) bond motifs is 1. The van der Waals surface area contributed by atoms with Crippen LogP contribution in [0.15, 0.2) is 0 Å². The maximum atomic E-state index is 11.2. The van der Waals surface area contributed by atoms with Gasteiger partial charge in [-0.25, -0.2) is 8.42 Å². The van der Waals surface area contributed by atoms with E-state index in [-0.39, 0.29) is 0 Å². The van der Waals surface area contributed by atoms with E-state index in [2.05, 4.69) is 12.2 Å². The van der Waals surface area contributed by atoms with E-state index in [1.807, 2.05) is 0 Å². The number of nitrogens with one attached hydrogen (secondary N) is 1. The molecule has 2 aliphatic carbocycles. The van der Waals surface area contributed by atoms with Gasteiger partial charge in [-0.15, -0.1) is 0 Å². The van der Waals surface area contributed by atoms with Gasteiger partial charge in [0.25, 0.3) is 0 Å². The molecule has 0 aromatic heterocycles. The third kappa shape index (κ3) is 3.20. The van der Waals surface area contributed by atoms with E-state index in [1.165, 1.54) is 25.5 Å². The van der Waals surface area contributed by atoms with Crippen LogP contribution in [-0.4, -0.2) is 33.0 Å². The lowest BCUT2D eigenvalue weighted by molar-refractivity contribution is 0.331. The van der Waals surface area contributed by atoms with Gasteiger partial charge in [0.2, 0.25) is 0 Å². The maximum absolute atomic E-state index is 11.2. The molecule has 3 nitrogen and oxygen atoms in total. The molecule has 1 N–H and O–H groups in total. The van der Waals surface area contributed by atoms with Crippen molar-refractivity contribution in [1.82, 2.24) is 5.32 Å². The van der Waals surface area contributed by atoms with E-state index in [4.69, 9.17) is 0 Å². The normalized spacial score (nSPS) is 34.8. The van der Waals surface area contributed by atoms with Crippen molar-refractivity contribution in [1.29, 1.82) is 0 Å². The van der Waals surface area contributed by atoms with Crippen molar-refractivity contribution in [2.45, 2.75) is 38.6 Å². The zero-order chi connectivity index (χ0) is 11.8. The summed E-state index contributed by atoms with van der Waals surface area (Å²) >= 11 is 0. The Morgan fingerprint density at radius 1 is 1.25 bits per heavy atom. The summed E-state index contributed by atoms with van der Waals surface area (Å²) in [4.78, 5) is 0. The van der Waals surface area contributed by atoms with Crippen molar-refractivity contribution in [2.24, 2.45) is 17.8 Å². The van der Waals surface area contributed by atoms with E-state index in [0.29, 0.717) is 11.8 Å². The highest BCUT2D eigenvalue weighted by Gasteiger charge is 2.47. The third-order valence-corrected chi connectivity index (χ3v) is 5.09. The number of hydrogen-bond acceptors (Lipinski definition) is 3. The first-order chi connectivity index (χ1) is 7.49. The summed E-state index contributed by atoms with van der Waals surface area (Å²) in [6.07, 6.45) is 6.21. The first kappa shape index (κ1) is 12.4. The predicted molar refractivity (Wildman–Crippen MR) is 66.1 cm³/mol. The van der Waals surface area contributed by atoms with Gasteiger partial charge in [0.15, 0.2) is 0 Å². The fourth-order valence-corrected chi connectivity index (χ4v) is 3.88. The van der Waals surface area contributed by atoms with Gasteiger partial charge in [-0.2, -0.15) is 0 Å². The van der Waals surface area contributed by atoms with Crippen molar-refractivity contribution >= 4 is 9.84 Å².